The summed E-state index contributed by atoms with van der Waals surface area (Å²) in [4.78, 5) is 29.7. The van der Waals surface area contributed by atoms with Crippen LogP contribution < -0.4 is 34.7 Å². The number of aliphatic carboxylic acids is 1. The third-order valence-electron chi connectivity index (χ3n) is 6.55. The largest absolute Gasteiger partial charge is 1.00 e. The topological polar surface area (TPSA) is 140 Å². The van der Waals surface area contributed by atoms with E-state index in [1.807, 2.05) is 36.4 Å². The number of carbonyl (C=O) groups excluding carboxylic acids is 2. The van der Waals surface area contributed by atoms with E-state index in [9.17, 15) is 30.0 Å². The summed E-state index contributed by atoms with van der Waals surface area (Å²) >= 11 is 0. The fraction of sp³-hybridized carbons (Fsp3) is 0.556. The molecule has 1 fully saturated rings. The van der Waals surface area contributed by atoms with Gasteiger partial charge in [-0.15, -0.1) is 0 Å². The number of hydrogen-bond acceptors (Lipinski definition) is 8. The van der Waals surface area contributed by atoms with E-state index in [1.165, 1.54) is 5.06 Å². The second kappa shape index (κ2) is 15.8. The predicted molar refractivity (Wildman–Crippen MR) is 131 cm³/mol. The summed E-state index contributed by atoms with van der Waals surface area (Å²) < 4.78 is 5.66. The molecule has 0 aliphatic carbocycles. The summed E-state index contributed by atoms with van der Waals surface area (Å²) in [6, 6.07) is 13.2. The monoisotopic (exact) mass is 525 g/mol. The molecule has 37 heavy (non-hydrogen) atoms. The number of hydroxylamine groups is 2. The van der Waals surface area contributed by atoms with Crippen LogP contribution in [0.15, 0.2) is 42.5 Å². The number of ether oxygens (including phenoxy) is 1. The minimum absolute atomic E-state index is 0. The first-order chi connectivity index (χ1) is 17.3. The van der Waals surface area contributed by atoms with Gasteiger partial charge in [-0.05, 0) is 61.9 Å². The summed E-state index contributed by atoms with van der Waals surface area (Å²) in [5.41, 5.74) is 0.490. The Morgan fingerprint density at radius 2 is 1.65 bits per heavy atom. The maximum Gasteiger partial charge on any atom is 1.00 e. The number of fused-ring (bicyclic) bond motifs is 1. The number of aliphatic hydroxyl groups is 3. The molecule has 1 aliphatic heterocycles. The molecule has 3 rings (SSSR count). The van der Waals surface area contributed by atoms with Crippen molar-refractivity contribution in [3.05, 3.63) is 48.0 Å². The smallest absolute Gasteiger partial charge is 0.550 e. The minimum Gasteiger partial charge on any atom is -0.550 e. The number of carbonyl (C=O) groups is 2. The van der Waals surface area contributed by atoms with Gasteiger partial charge in [0.1, 0.15) is 18.3 Å². The first-order valence-corrected chi connectivity index (χ1v) is 12.6. The van der Waals surface area contributed by atoms with Crippen LogP contribution in [-0.2, 0) is 14.4 Å². The third kappa shape index (κ3) is 9.30. The van der Waals surface area contributed by atoms with E-state index in [0.717, 1.165) is 23.6 Å². The van der Waals surface area contributed by atoms with Gasteiger partial charge in [0.05, 0.1) is 18.8 Å². The Morgan fingerprint density at radius 3 is 2.38 bits per heavy atom. The summed E-state index contributed by atoms with van der Waals surface area (Å²) in [7, 11) is 0. The molecular weight excluding hydrogens is 489 g/mol. The molecule has 2 aromatic rings. The van der Waals surface area contributed by atoms with E-state index in [-0.39, 0.29) is 48.4 Å². The predicted octanol–water partition coefficient (Wildman–Crippen LogP) is -1.43. The zero-order chi connectivity index (χ0) is 26.1. The Hall–Kier alpha value is -1.56. The molecule has 9 nitrogen and oxygen atoms in total. The molecule has 5 atom stereocenters. The Bertz CT molecular complexity index is 1010. The van der Waals surface area contributed by atoms with E-state index in [0.29, 0.717) is 37.9 Å². The summed E-state index contributed by atoms with van der Waals surface area (Å²) in [5.74, 6) is -1.34. The van der Waals surface area contributed by atoms with E-state index < -0.39 is 36.5 Å². The van der Waals surface area contributed by atoms with E-state index in [2.05, 4.69) is 0 Å². The molecule has 0 bridgehead atoms. The van der Waals surface area contributed by atoms with Gasteiger partial charge in [0, 0.05) is 18.1 Å². The van der Waals surface area contributed by atoms with Crippen LogP contribution in [0.25, 0.3) is 10.8 Å². The molecule has 1 saturated heterocycles. The van der Waals surface area contributed by atoms with E-state index >= 15 is 0 Å². The minimum atomic E-state index is -1.29. The number of carboxylic acid groups (broad SMARTS) is 1. The molecule has 10 heteroatoms. The number of nitrogens with zero attached hydrogens (tertiary/aromatic N) is 1. The number of amides is 1. The molecule has 0 aromatic heterocycles. The number of benzene rings is 2. The van der Waals surface area contributed by atoms with Crippen molar-refractivity contribution in [2.24, 2.45) is 0 Å². The fourth-order valence-electron chi connectivity index (χ4n) is 4.40. The summed E-state index contributed by atoms with van der Waals surface area (Å²) in [6.07, 6.45) is -1.38. The zero-order valence-corrected chi connectivity index (χ0v) is 23.6. The van der Waals surface area contributed by atoms with Gasteiger partial charge in [0.25, 0.3) is 5.91 Å². The molecule has 0 spiro atoms. The van der Waals surface area contributed by atoms with Gasteiger partial charge in [0.2, 0.25) is 0 Å². The average Bonchev–Trinajstić information content (AvgIpc) is 2.87. The molecular formula is C27H36NNaO8. The first-order valence-electron chi connectivity index (χ1n) is 12.6. The van der Waals surface area contributed by atoms with Crippen LogP contribution in [0.4, 0.5) is 0 Å². The maximum absolute atomic E-state index is 13.3. The van der Waals surface area contributed by atoms with Crippen LogP contribution in [-0.4, -0.2) is 75.9 Å². The quantitative estimate of drug-likeness (QED) is 0.164. The molecule has 1 heterocycles. The van der Waals surface area contributed by atoms with E-state index in [4.69, 9.17) is 9.57 Å². The van der Waals surface area contributed by atoms with E-state index in [1.54, 1.807) is 13.0 Å². The molecule has 2 aromatic carbocycles. The van der Waals surface area contributed by atoms with Gasteiger partial charge in [-0.2, -0.15) is 0 Å². The summed E-state index contributed by atoms with van der Waals surface area (Å²) in [5, 5.41) is 44.0. The van der Waals surface area contributed by atoms with Crippen molar-refractivity contribution in [2.45, 2.75) is 82.4 Å². The Balaban J connectivity index is 0.00000481. The third-order valence-corrected chi connectivity index (χ3v) is 6.55. The molecule has 1 amide bonds. The van der Waals surface area contributed by atoms with Gasteiger partial charge in [0.15, 0.2) is 0 Å². The first kappa shape index (κ1) is 31.7. The van der Waals surface area contributed by atoms with Crippen LogP contribution >= 0.6 is 0 Å². The van der Waals surface area contributed by atoms with Gasteiger partial charge in [-0.3, -0.25) is 9.63 Å². The van der Waals surface area contributed by atoms with Crippen molar-refractivity contribution in [3.63, 3.8) is 0 Å². The molecule has 1 aliphatic rings. The molecule has 198 valence electrons. The average molecular weight is 526 g/mol. The van der Waals surface area contributed by atoms with Gasteiger partial charge < -0.3 is 30.0 Å². The number of aliphatic hydroxyl groups excluding tert-OH is 3. The summed E-state index contributed by atoms with van der Waals surface area (Å²) in [6.45, 7) is 2.18. The standard InChI is InChI=1S/C27H37NO8.Na/c1-18-24(31)26(33)25(32)22(36-18)11-8-15-28(35-16-7-3-2-4-12-23(29)30)27(34)21-14-13-19-9-5-6-10-20(19)17-21;/h5-6,9-10,13-14,17-18,22,24-26,31-33H,2-4,7-8,11-12,15-16H2,1H3,(H,29,30);/q;+1/p-1/t18-,22-,24+,25+,26+;/m0./s1. The normalized spacial score (nSPS) is 23.4. The number of carboxylic acids is 1. The van der Waals surface area contributed by atoms with Crippen LogP contribution in [0.5, 0.6) is 0 Å². The Labute approximate surface area is 239 Å². The second-order valence-corrected chi connectivity index (χ2v) is 9.33. The van der Waals surface area contributed by atoms with Crippen LogP contribution in [0, 0.1) is 0 Å². The number of hydrogen-bond donors (Lipinski definition) is 3. The van der Waals surface area contributed by atoms with Crippen LogP contribution in [0.3, 0.4) is 0 Å². The SMILES string of the molecule is C[C@@H]1O[C@@H](CCCN(OCCCCCCC(=O)[O-])C(=O)c2ccc3ccccc3c2)[C@@H](O)[C@H](O)[C@@H]1O.[Na+]. The van der Waals surface area contributed by atoms with Crippen LogP contribution in [0.2, 0.25) is 0 Å². The van der Waals surface area contributed by atoms with Crippen molar-refractivity contribution in [3.8, 4) is 0 Å². The van der Waals surface area contributed by atoms with Crippen molar-refractivity contribution in [1.82, 2.24) is 5.06 Å². The van der Waals surface area contributed by atoms with Crippen molar-refractivity contribution < 1.29 is 69.1 Å². The van der Waals surface area contributed by atoms with Crippen LogP contribution in [0.1, 0.15) is 62.2 Å². The van der Waals surface area contributed by atoms with Gasteiger partial charge in [-0.25, -0.2) is 5.06 Å². The Morgan fingerprint density at radius 1 is 0.946 bits per heavy atom. The molecule has 0 saturated carbocycles. The number of rotatable bonds is 13. The molecule has 0 unspecified atom stereocenters. The zero-order valence-electron chi connectivity index (χ0n) is 21.6. The molecule has 3 N–H and O–H groups in total. The molecule has 0 radical (unpaired) electrons. The fourth-order valence-corrected chi connectivity index (χ4v) is 4.40. The maximum atomic E-state index is 13.3. The van der Waals surface area contributed by atoms with Gasteiger partial charge in [-0.1, -0.05) is 43.2 Å². The van der Waals surface area contributed by atoms with Crippen molar-refractivity contribution in [2.75, 3.05) is 13.2 Å². The Kier molecular flexibility index (Phi) is 13.5. The van der Waals surface area contributed by atoms with Gasteiger partial charge >= 0.3 is 29.6 Å². The second-order valence-electron chi connectivity index (χ2n) is 9.33. The number of unbranched alkanes of at least 4 members (excludes halogenated alkanes) is 3. The van der Waals surface area contributed by atoms with Crippen molar-refractivity contribution >= 4 is 22.6 Å². The van der Waals surface area contributed by atoms with Crippen molar-refractivity contribution in [1.29, 1.82) is 0 Å².